The lowest BCUT2D eigenvalue weighted by atomic mass is 9.86. The first kappa shape index (κ1) is 19.6. The summed E-state index contributed by atoms with van der Waals surface area (Å²) in [6.45, 7) is 9.30. The van der Waals surface area contributed by atoms with Crippen molar-refractivity contribution >= 4 is 6.21 Å². The smallest absolute Gasteiger partial charge is 0.132 e. The van der Waals surface area contributed by atoms with E-state index in [9.17, 15) is 0 Å². The molecule has 0 aliphatic carbocycles. The standard InChI is InChI=1S/C21H27NO4/c1-15-6-9-18(21(2,3)4)20(12-15)26-11-10-25-19-13-17(24-5)8-7-16(19)14-22-23/h6-9,12-14,23H,10-11H2,1-5H3. The zero-order valence-corrected chi connectivity index (χ0v) is 16.1. The lowest BCUT2D eigenvalue weighted by Crippen LogP contribution is -2.16. The maximum Gasteiger partial charge on any atom is 0.132 e. The number of aryl methyl sites for hydroxylation is 1. The molecule has 0 aliphatic rings. The van der Waals surface area contributed by atoms with Gasteiger partial charge in [-0.3, -0.25) is 0 Å². The average molecular weight is 357 g/mol. The molecule has 0 saturated carbocycles. The molecule has 5 heteroatoms. The molecule has 2 aromatic rings. The van der Waals surface area contributed by atoms with Gasteiger partial charge in [-0.2, -0.15) is 0 Å². The zero-order chi connectivity index (χ0) is 19.2. The predicted octanol–water partition coefficient (Wildman–Crippen LogP) is 4.57. The van der Waals surface area contributed by atoms with Crippen LogP contribution in [0.25, 0.3) is 0 Å². The number of oxime groups is 1. The molecule has 0 heterocycles. The maximum atomic E-state index is 8.78. The summed E-state index contributed by atoms with van der Waals surface area (Å²) in [6.07, 6.45) is 1.33. The van der Waals surface area contributed by atoms with Gasteiger partial charge in [0.25, 0.3) is 0 Å². The summed E-state index contributed by atoms with van der Waals surface area (Å²) < 4.78 is 17.0. The van der Waals surface area contributed by atoms with E-state index in [1.54, 1.807) is 25.3 Å². The second kappa shape index (κ2) is 8.61. The molecule has 0 atom stereocenters. The van der Waals surface area contributed by atoms with E-state index in [1.165, 1.54) is 6.21 Å². The predicted molar refractivity (Wildman–Crippen MR) is 103 cm³/mol. The normalized spacial score (nSPS) is 11.6. The molecule has 0 unspecified atom stereocenters. The summed E-state index contributed by atoms with van der Waals surface area (Å²) >= 11 is 0. The number of hydrogen-bond donors (Lipinski definition) is 1. The van der Waals surface area contributed by atoms with Crippen LogP contribution in [0.15, 0.2) is 41.6 Å². The average Bonchev–Trinajstić information content (AvgIpc) is 2.59. The van der Waals surface area contributed by atoms with Gasteiger partial charge in [-0.05, 0) is 41.7 Å². The molecule has 0 amide bonds. The summed E-state index contributed by atoms with van der Waals surface area (Å²) in [5.74, 6) is 2.12. The maximum absolute atomic E-state index is 8.78. The van der Waals surface area contributed by atoms with Crippen molar-refractivity contribution in [3.63, 3.8) is 0 Å². The van der Waals surface area contributed by atoms with Crippen LogP contribution < -0.4 is 14.2 Å². The van der Waals surface area contributed by atoms with E-state index in [0.29, 0.717) is 30.3 Å². The quantitative estimate of drug-likeness (QED) is 0.341. The van der Waals surface area contributed by atoms with Gasteiger partial charge < -0.3 is 19.4 Å². The van der Waals surface area contributed by atoms with Gasteiger partial charge in [0.2, 0.25) is 0 Å². The molecule has 0 saturated heterocycles. The summed E-state index contributed by atoms with van der Waals surface area (Å²) in [4.78, 5) is 0. The molecule has 0 spiro atoms. The van der Waals surface area contributed by atoms with Gasteiger partial charge in [-0.25, -0.2) is 0 Å². The molecule has 140 valence electrons. The topological polar surface area (TPSA) is 60.3 Å². The first-order chi connectivity index (χ1) is 12.3. The fourth-order valence-electron chi connectivity index (χ4n) is 2.61. The highest BCUT2D eigenvalue weighted by Gasteiger charge is 2.19. The van der Waals surface area contributed by atoms with Crippen molar-refractivity contribution in [1.82, 2.24) is 0 Å². The Morgan fingerprint density at radius 2 is 1.69 bits per heavy atom. The first-order valence-electron chi connectivity index (χ1n) is 8.57. The fraction of sp³-hybridized carbons (Fsp3) is 0.381. The Morgan fingerprint density at radius 1 is 1.00 bits per heavy atom. The van der Waals surface area contributed by atoms with E-state index < -0.39 is 0 Å². The molecule has 1 N–H and O–H groups in total. The molecular formula is C21H27NO4. The molecule has 2 aromatic carbocycles. The Labute approximate surface area is 155 Å². The number of rotatable bonds is 7. The second-order valence-corrected chi connectivity index (χ2v) is 7.09. The Bertz CT molecular complexity index is 763. The van der Waals surface area contributed by atoms with Crippen molar-refractivity contribution in [3.05, 3.63) is 53.1 Å². The van der Waals surface area contributed by atoms with Gasteiger partial charge in [-0.15, -0.1) is 0 Å². The van der Waals surface area contributed by atoms with E-state index in [0.717, 1.165) is 16.9 Å². The van der Waals surface area contributed by atoms with Crippen LogP contribution in [0.4, 0.5) is 0 Å². The summed E-state index contributed by atoms with van der Waals surface area (Å²) in [5, 5.41) is 11.9. The van der Waals surface area contributed by atoms with Crippen molar-refractivity contribution in [2.24, 2.45) is 5.16 Å². The van der Waals surface area contributed by atoms with Crippen molar-refractivity contribution in [1.29, 1.82) is 0 Å². The number of methoxy groups -OCH3 is 1. The van der Waals surface area contributed by atoms with Gasteiger partial charge >= 0.3 is 0 Å². The SMILES string of the molecule is COc1ccc(C=NO)c(OCCOc2cc(C)ccc2C(C)(C)C)c1. The third-order valence-corrected chi connectivity index (χ3v) is 3.96. The van der Waals surface area contributed by atoms with E-state index in [2.05, 4.69) is 44.1 Å². The van der Waals surface area contributed by atoms with Crippen molar-refractivity contribution in [3.8, 4) is 17.2 Å². The van der Waals surface area contributed by atoms with Crippen LogP contribution >= 0.6 is 0 Å². The van der Waals surface area contributed by atoms with Gasteiger partial charge in [0.15, 0.2) is 0 Å². The van der Waals surface area contributed by atoms with Crippen LogP contribution in [0, 0.1) is 6.92 Å². The lowest BCUT2D eigenvalue weighted by Gasteiger charge is -2.23. The number of hydrogen-bond acceptors (Lipinski definition) is 5. The second-order valence-electron chi connectivity index (χ2n) is 7.09. The number of ether oxygens (including phenoxy) is 3. The van der Waals surface area contributed by atoms with Crippen LogP contribution in [0.5, 0.6) is 17.2 Å². The van der Waals surface area contributed by atoms with Gasteiger partial charge in [0.1, 0.15) is 30.5 Å². The van der Waals surface area contributed by atoms with Crippen LogP contribution in [0.2, 0.25) is 0 Å². The van der Waals surface area contributed by atoms with Crippen LogP contribution in [-0.2, 0) is 5.41 Å². The Hall–Kier alpha value is -2.69. The largest absolute Gasteiger partial charge is 0.497 e. The molecule has 0 fully saturated rings. The van der Waals surface area contributed by atoms with E-state index >= 15 is 0 Å². The van der Waals surface area contributed by atoms with Crippen LogP contribution in [0.3, 0.4) is 0 Å². The molecule has 2 rings (SSSR count). The fourth-order valence-corrected chi connectivity index (χ4v) is 2.61. The van der Waals surface area contributed by atoms with Crippen molar-refractivity contribution < 1.29 is 19.4 Å². The summed E-state index contributed by atoms with van der Waals surface area (Å²) in [7, 11) is 1.59. The molecular weight excluding hydrogens is 330 g/mol. The zero-order valence-electron chi connectivity index (χ0n) is 16.1. The minimum Gasteiger partial charge on any atom is -0.497 e. The number of nitrogens with zero attached hydrogens (tertiary/aromatic N) is 1. The van der Waals surface area contributed by atoms with Crippen molar-refractivity contribution in [2.45, 2.75) is 33.1 Å². The Balaban J connectivity index is 2.05. The van der Waals surface area contributed by atoms with Crippen LogP contribution in [-0.4, -0.2) is 31.7 Å². The van der Waals surface area contributed by atoms with E-state index in [1.807, 2.05) is 6.92 Å². The molecule has 0 radical (unpaired) electrons. The third kappa shape index (κ3) is 5.15. The third-order valence-electron chi connectivity index (χ3n) is 3.96. The summed E-state index contributed by atoms with van der Waals surface area (Å²) in [5.41, 5.74) is 2.99. The minimum absolute atomic E-state index is 0.00143. The molecule has 0 aliphatic heterocycles. The Kier molecular flexibility index (Phi) is 6.50. The lowest BCUT2D eigenvalue weighted by molar-refractivity contribution is 0.213. The van der Waals surface area contributed by atoms with Gasteiger partial charge in [-0.1, -0.05) is 38.1 Å². The van der Waals surface area contributed by atoms with E-state index in [4.69, 9.17) is 19.4 Å². The van der Waals surface area contributed by atoms with Gasteiger partial charge in [0, 0.05) is 11.6 Å². The number of benzene rings is 2. The summed E-state index contributed by atoms with van der Waals surface area (Å²) in [6, 6.07) is 11.6. The van der Waals surface area contributed by atoms with Crippen molar-refractivity contribution in [2.75, 3.05) is 20.3 Å². The molecule has 26 heavy (non-hydrogen) atoms. The molecule has 5 nitrogen and oxygen atoms in total. The minimum atomic E-state index is 0.00143. The first-order valence-corrected chi connectivity index (χ1v) is 8.57. The monoisotopic (exact) mass is 357 g/mol. The molecule has 0 bridgehead atoms. The molecule has 0 aromatic heterocycles. The van der Waals surface area contributed by atoms with Gasteiger partial charge in [0.05, 0.1) is 13.3 Å². The highest BCUT2D eigenvalue weighted by molar-refractivity contribution is 5.83. The van der Waals surface area contributed by atoms with E-state index in [-0.39, 0.29) is 5.41 Å². The van der Waals surface area contributed by atoms with Crippen LogP contribution in [0.1, 0.15) is 37.5 Å². The highest BCUT2D eigenvalue weighted by atomic mass is 16.5. The Morgan fingerprint density at radius 3 is 2.31 bits per heavy atom. The highest BCUT2D eigenvalue weighted by Crippen LogP contribution is 2.32.